The molecule has 0 radical (unpaired) electrons. The third-order valence-electron chi connectivity index (χ3n) is 6.09. The Morgan fingerprint density at radius 2 is 1.52 bits per heavy atom. The number of nitrogen functional groups attached to an aromatic ring is 2. The highest BCUT2D eigenvalue weighted by molar-refractivity contribution is 6.19. The van der Waals surface area contributed by atoms with E-state index in [1.165, 1.54) is 22.3 Å². The molecule has 0 bridgehead atoms. The van der Waals surface area contributed by atoms with E-state index < -0.39 is 0 Å². The fraction of sp³-hybridized carbons (Fsp3) is 0.217. The molecule has 0 heterocycles. The van der Waals surface area contributed by atoms with Crippen LogP contribution in [0, 0.1) is 0 Å². The van der Waals surface area contributed by atoms with Crippen molar-refractivity contribution in [2.75, 3.05) is 11.5 Å². The third-order valence-corrected chi connectivity index (χ3v) is 6.09. The molecule has 0 unspecified atom stereocenters. The molecule has 0 amide bonds. The Hall–Kier alpha value is -2.74. The molecule has 2 aliphatic rings. The van der Waals surface area contributed by atoms with Crippen molar-refractivity contribution in [1.29, 1.82) is 0 Å². The van der Waals surface area contributed by atoms with Gasteiger partial charge in [0.05, 0.1) is 0 Å². The molecule has 4 N–H and O–H groups in total. The highest BCUT2D eigenvalue weighted by Gasteiger charge is 2.37. The summed E-state index contributed by atoms with van der Waals surface area (Å²) in [5.41, 5.74) is 20.5. The second kappa shape index (κ2) is 4.66. The fourth-order valence-corrected chi connectivity index (χ4v) is 4.73. The molecule has 0 saturated heterocycles. The van der Waals surface area contributed by atoms with Crippen LogP contribution in [-0.2, 0) is 5.41 Å². The number of benzene rings is 3. The van der Waals surface area contributed by atoms with E-state index >= 15 is 0 Å². The molecule has 0 spiro atoms. The van der Waals surface area contributed by atoms with Gasteiger partial charge in [0.15, 0.2) is 0 Å². The summed E-state index contributed by atoms with van der Waals surface area (Å²) in [5.74, 6) is 0. The molecule has 2 heteroatoms. The minimum Gasteiger partial charge on any atom is -0.398 e. The summed E-state index contributed by atoms with van der Waals surface area (Å²) in [7, 11) is 0. The Balaban J connectivity index is 1.94. The molecule has 3 aromatic rings. The number of rotatable bonds is 0. The third kappa shape index (κ3) is 1.74. The molecule has 5 rings (SSSR count). The lowest BCUT2D eigenvalue weighted by Gasteiger charge is -2.24. The van der Waals surface area contributed by atoms with Crippen LogP contribution in [-0.4, -0.2) is 0 Å². The maximum Gasteiger partial charge on any atom is 0.0475 e. The lowest BCUT2D eigenvalue weighted by molar-refractivity contribution is 0.652. The molecule has 0 aromatic heterocycles. The SMILES string of the molecule is CC1(C)C2=C(CCC=C2)c2cc3c(N)c4ccccc4c(N)c3cc21. The van der Waals surface area contributed by atoms with Crippen LogP contribution in [0.5, 0.6) is 0 Å². The number of anilines is 2. The monoisotopic (exact) mass is 326 g/mol. The Morgan fingerprint density at radius 3 is 2.20 bits per heavy atom. The van der Waals surface area contributed by atoms with Crippen LogP contribution in [0.25, 0.3) is 27.1 Å². The number of fused-ring (bicyclic) bond motifs is 4. The predicted octanol–water partition coefficient (Wildman–Crippen LogP) is 5.55. The first-order chi connectivity index (χ1) is 12.0. The van der Waals surface area contributed by atoms with Crippen molar-refractivity contribution in [3.05, 3.63) is 65.3 Å². The van der Waals surface area contributed by atoms with Gasteiger partial charge in [0.25, 0.3) is 0 Å². The van der Waals surface area contributed by atoms with E-state index in [1.54, 1.807) is 0 Å². The fourth-order valence-electron chi connectivity index (χ4n) is 4.73. The summed E-state index contributed by atoms with van der Waals surface area (Å²) in [6, 6.07) is 12.7. The molecule has 0 aliphatic heterocycles. The van der Waals surface area contributed by atoms with Crippen molar-refractivity contribution in [3.63, 3.8) is 0 Å². The van der Waals surface area contributed by atoms with Gasteiger partial charge in [-0.15, -0.1) is 0 Å². The van der Waals surface area contributed by atoms with E-state index in [9.17, 15) is 0 Å². The summed E-state index contributed by atoms with van der Waals surface area (Å²) in [5, 5.41) is 4.24. The summed E-state index contributed by atoms with van der Waals surface area (Å²) >= 11 is 0. The molecule has 25 heavy (non-hydrogen) atoms. The van der Waals surface area contributed by atoms with Crippen LogP contribution in [0.3, 0.4) is 0 Å². The lowest BCUT2D eigenvalue weighted by atomic mass is 9.79. The largest absolute Gasteiger partial charge is 0.398 e. The first kappa shape index (κ1) is 14.6. The molecule has 2 nitrogen and oxygen atoms in total. The summed E-state index contributed by atoms with van der Waals surface area (Å²) < 4.78 is 0. The Bertz CT molecular complexity index is 1130. The van der Waals surface area contributed by atoms with Crippen LogP contribution in [0.15, 0.2) is 54.1 Å². The minimum atomic E-state index is 0.0165. The van der Waals surface area contributed by atoms with Crippen molar-refractivity contribution in [1.82, 2.24) is 0 Å². The van der Waals surface area contributed by atoms with Crippen LogP contribution >= 0.6 is 0 Å². The van der Waals surface area contributed by atoms with Crippen LogP contribution < -0.4 is 11.5 Å². The van der Waals surface area contributed by atoms with Gasteiger partial charge in [-0.25, -0.2) is 0 Å². The van der Waals surface area contributed by atoms with E-state index in [-0.39, 0.29) is 5.41 Å². The molecular weight excluding hydrogens is 304 g/mol. The Labute approximate surface area is 147 Å². The van der Waals surface area contributed by atoms with E-state index in [1.807, 2.05) is 12.1 Å². The van der Waals surface area contributed by atoms with Crippen molar-refractivity contribution in [3.8, 4) is 0 Å². The normalized spacial score (nSPS) is 18.0. The zero-order valence-electron chi connectivity index (χ0n) is 14.7. The van der Waals surface area contributed by atoms with E-state index in [4.69, 9.17) is 11.5 Å². The zero-order valence-corrected chi connectivity index (χ0v) is 14.7. The number of allylic oxidation sites excluding steroid dienone is 4. The van der Waals surface area contributed by atoms with Gasteiger partial charge in [-0.3, -0.25) is 0 Å². The van der Waals surface area contributed by atoms with Gasteiger partial charge in [0.1, 0.15) is 0 Å². The first-order valence-corrected chi connectivity index (χ1v) is 8.94. The van der Waals surface area contributed by atoms with Crippen molar-refractivity contribution in [2.24, 2.45) is 0 Å². The minimum absolute atomic E-state index is 0.0165. The predicted molar refractivity (Wildman–Crippen MR) is 109 cm³/mol. The van der Waals surface area contributed by atoms with Crippen molar-refractivity contribution < 1.29 is 0 Å². The molecule has 0 saturated carbocycles. The van der Waals surface area contributed by atoms with E-state index in [0.717, 1.165) is 45.8 Å². The van der Waals surface area contributed by atoms with E-state index in [0.29, 0.717) is 0 Å². The van der Waals surface area contributed by atoms with Crippen LogP contribution in [0.2, 0.25) is 0 Å². The zero-order chi connectivity index (χ0) is 17.3. The van der Waals surface area contributed by atoms with Gasteiger partial charge in [-0.2, -0.15) is 0 Å². The quantitative estimate of drug-likeness (QED) is 0.323. The highest BCUT2D eigenvalue weighted by atomic mass is 14.6. The number of hydrogen-bond donors (Lipinski definition) is 2. The average Bonchev–Trinajstić information content (AvgIpc) is 2.86. The van der Waals surface area contributed by atoms with Gasteiger partial charge in [-0.1, -0.05) is 50.3 Å². The van der Waals surface area contributed by atoms with Gasteiger partial charge in [-0.05, 0) is 47.2 Å². The molecule has 2 aliphatic carbocycles. The molecule has 124 valence electrons. The molecule has 3 aromatic carbocycles. The summed E-state index contributed by atoms with van der Waals surface area (Å²) in [6.07, 6.45) is 6.83. The topological polar surface area (TPSA) is 52.0 Å². The second-order valence-corrected chi connectivity index (χ2v) is 7.77. The maximum absolute atomic E-state index is 6.57. The summed E-state index contributed by atoms with van der Waals surface area (Å²) in [4.78, 5) is 0. The smallest absolute Gasteiger partial charge is 0.0475 e. The number of hydrogen-bond acceptors (Lipinski definition) is 2. The van der Waals surface area contributed by atoms with Gasteiger partial charge in [0.2, 0.25) is 0 Å². The number of nitrogens with two attached hydrogens (primary N) is 2. The van der Waals surface area contributed by atoms with Gasteiger partial charge < -0.3 is 11.5 Å². The van der Waals surface area contributed by atoms with E-state index in [2.05, 4.69) is 50.3 Å². The van der Waals surface area contributed by atoms with Crippen molar-refractivity contribution in [2.45, 2.75) is 32.1 Å². The van der Waals surface area contributed by atoms with Crippen LogP contribution in [0.4, 0.5) is 11.4 Å². The highest BCUT2D eigenvalue weighted by Crippen LogP contribution is 2.52. The lowest BCUT2D eigenvalue weighted by Crippen LogP contribution is -2.16. The van der Waals surface area contributed by atoms with Gasteiger partial charge in [0, 0.05) is 38.3 Å². The molecule has 0 atom stereocenters. The van der Waals surface area contributed by atoms with Crippen LogP contribution in [0.1, 0.15) is 37.8 Å². The standard InChI is InChI=1S/C23H22N2/c1-23(2)19-10-6-5-7-13(19)16-11-17-18(12-20(16)23)22(25)15-9-4-3-8-14(15)21(17)24/h3-4,6,8-12H,5,7,24-25H2,1-2H3. The van der Waals surface area contributed by atoms with Crippen molar-refractivity contribution >= 4 is 38.5 Å². The first-order valence-electron chi connectivity index (χ1n) is 8.94. The maximum atomic E-state index is 6.57. The van der Waals surface area contributed by atoms with Gasteiger partial charge >= 0.3 is 0 Å². The molecular formula is C23H22N2. The Morgan fingerprint density at radius 1 is 0.880 bits per heavy atom. The Kier molecular flexibility index (Phi) is 2.72. The summed E-state index contributed by atoms with van der Waals surface area (Å²) in [6.45, 7) is 4.63. The average molecular weight is 326 g/mol. The molecule has 0 fully saturated rings. The second-order valence-electron chi connectivity index (χ2n) is 7.77.